The molecular weight excluding hydrogens is 445 g/mol. The number of hydrogen-bond acceptors (Lipinski definition) is 6. The van der Waals surface area contributed by atoms with Gasteiger partial charge in [0.2, 0.25) is 0 Å². The Balaban J connectivity index is 1.50. The van der Waals surface area contributed by atoms with Crippen molar-refractivity contribution in [3.63, 3.8) is 0 Å². The predicted molar refractivity (Wildman–Crippen MR) is 132 cm³/mol. The fourth-order valence-corrected chi connectivity index (χ4v) is 4.49. The molecule has 3 heterocycles. The summed E-state index contributed by atoms with van der Waals surface area (Å²) in [4.78, 5) is 8.86. The van der Waals surface area contributed by atoms with Gasteiger partial charge in [-0.15, -0.1) is 0 Å². The van der Waals surface area contributed by atoms with Crippen LogP contribution in [0.4, 0.5) is 16.0 Å². The zero-order valence-corrected chi connectivity index (χ0v) is 20.5. The van der Waals surface area contributed by atoms with Crippen LogP contribution < -0.4 is 5.32 Å². The van der Waals surface area contributed by atoms with E-state index in [2.05, 4.69) is 20.4 Å². The molecule has 0 amide bonds. The lowest BCUT2D eigenvalue weighted by molar-refractivity contribution is 0.172. The number of anilines is 2. The van der Waals surface area contributed by atoms with Gasteiger partial charge in [-0.05, 0) is 70.2 Å². The van der Waals surface area contributed by atoms with Gasteiger partial charge >= 0.3 is 0 Å². The summed E-state index contributed by atoms with van der Waals surface area (Å²) in [6.45, 7) is 8.61. The van der Waals surface area contributed by atoms with Crippen molar-refractivity contribution in [1.82, 2.24) is 29.5 Å². The molecule has 1 saturated carbocycles. The van der Waals surface area contributed by atoms with Crippen molar-refractivity contribution in [1.29, 1.82) is 0 Å². The lowest BCUT2D eigenvalue weighted by atomic mass is 10.1. The SMILES string of the molecule is CCC(O)c1c(C)nn(-c2cc(Nc3c(C)c(-c4ccc(F)cc4)nn3CC3CC3)ncn2)c1C. The first kappa shape index (κ1) is 23.2. The third kappa shape index (κ3) is 4.55. The molecule has 1 atom stereocenters. The summed E-state index contributed by atoms with van der Waals surface area (Å²) in [5.41, 5.74) is 5.14. The Morgan fingerprint density at radius 1 is 1.11 bits per heavy atom. The summed E-state index contributed by atoms with van der Waals surface area (Å²) >= 11 is 0. The zero-order chi connectivity index (χ0) is 24.7. The van der Waals surface area contributed by atoms with Crippen LogP contribution in [0.5, 0.6) is 0 Å². The minimum Gasteiger partial charge on any atom is -0.388 e. The van der Waals surface area contributed by atoms with E-state index in [4.69, 9.17) is 5.10 Å². The number of aromatic nitrogens is 6. The molecule has 2 N–H and O–H groups in total. The zero-order valence-electron chi connectivity index (χ0n) is 20.5. The van der Waals surface area contributed by atoms with Crippen LogP contribution >= 0.6 is 0 Å². The van der Waals surface area contributed by atoms with Gasteiger partial charge in [-0.25, -0.2) is 23.7 Å². The summed E-state index contributed by atoms with van der Waals surface area (Å²) in [5.74, 6) is 2.44. The van der Waals surface area contributed by atoms with E-state index >= 15 is 0 Å². The minimum absolute atomic E-state index is 0.269. The van der Waals surface area contributed by atoms with Gasteiger partial charge < -0.3 is 10.4 Å². The van der Waals surface area contributed by atoms with Crippen molar-refractivity contribution in [2.75, 3.05) is 5.32 Å². The van der Waals surface area contributed by atoms with Crippen LogP contribution in [0.1, 0.15) is 54.8 Å². The number of aryl methyl sites for hydroxylation is 1. The summed E-state index contributed by atoms with van der Waals surface area (Å²) in [6.07, 6.45) is 3.96. The smallest absolute Gasteiger partial charge is 0.159 e. The van der Waals surface area contributed by atoms with E-state index < -0.39 is 6.10 Å². The van der Waals surface area contributed by atoms with Crippen LogP contribution in [0.2, 0.25) is 0 Å². The third-order valence-electron chi connectivity index (χ3n) is 6.62. The molecule has 9 heteroatoms. The number of aliphatic hydroxyl groups is 1. The highest BCUT2D eigenvalue weighted by molar-refractivity contribution is 5.71. The number of nitrogens with zero attached hydrogens (tertiary/aromatic N) is 6. The van der Waals surface area contributed by atoms with Gasteiger partial charge in [0, 0.05) is 35.0 Å². The topological polar surface area (TPSA) is 93.7 Å². The Morgan fingerprint density at radius 3 is 2.54 bits per heavy atom. The fraction of sp³-hybridized carbons (Fsp3) is 0.385. The molecule has 0 spiro atoms. The molecule has 0 radical (unpaired) electrons. The molecule has 1 aliphatic rings. The number of benzene rings is 1. The molecule has 1 unspecified atom stereocenters. The van der Waals surface area contributed by atoms with E-state index in [1.807, 2.05) is 38.4 Å². The molecular formula is C26H30FN7O. The maximum atomic E-state index is 13.5. The molecule has 5 rings (SSSR count). The number of rotatable bonds is 8. The average molecular weight is 476 g/mol. The standard InChI is InChI=1S/C26H30FN7O/c1-5-21(35)24-16(3)31-34(17(24)4)23-12-22(28-14-29-23)30-26-15(2)25(19-8-10-20(27)11-9-19)32-33(26)13-18-6-7-18/h8-12,14,18,21,35H,5-7,13H2,1-4H3,(H,28,29,30). The van der Waals surface area contributed by atoms with Gasteiger partial charge in [-0.1, -0.05) is 6.92 Å². The van der Waals surface area contributed by atoms with Crippen LogP contribution in [-0.4, -0.2) is 34.6 Å². The van der Waals surface area contributed by atoms with Crippen LogP contribution in [0.15, 0.2) is 36.7 Å². The van der Waals surface area contributed by atoms with Crippen molar-refractivity contribution >= 4 is 11.6 Å². The van der Waals surface area contributed by atoms with Crippen molar-refractivity contribution in [2.45, 2.75) is 59.6 Å². The van der Waals surface area contributed by atoms with Crippen molar-refractivity contribution in [3.05, 3.63) is 65.0 Å². The lowest BCUT2D eigenvalue weighted by Crippen LogP contribution is -2.09. The molecule has 8 nitrogen and oxygen atoms in total. The molecule has 182 valence electrons. The quantitative estimate of drug-likeness (QED) is 0.364. The van der Waals surface area contributed by atoms with Gasteiger partial charge in [-0.2, -0.15) is 10.2 Å². The van der Waals surface area contributed by atoms with E-state index in [1.165, 1.54) is 31.3 Å². The average Bonchev–Trinajstić information content (AvgIpc) is 3.56. The van der Waals surface area contributed by atoms with E-state index in [-0.39, 0.29) is 5.82 Å². The van der Waals surface area contributed by atoms with Crippen molar-refractivity contribution in [3.8, 4) is 17.1 Å². The second-order valence-corrected chi connectivity index (χ2v) is 9.26. The van der Waals surface area contributed by atoms with Gasteiger partial charge in [0.1, 0.15) is 23.8 Å². The molecule has 0 aliphatic heterocycles. The highest BCUT2D eigenvalue weighted by Crippen LogP contribution is 2.35. The fourth-order valence-electron chi connectivity index (χ4n) is 4.49. The van der Waals surface area contributed by atoms with E-state index in [0.29, 0.717) is 24.0 Å². The third-order valence-corrected chi connectivity index (χ3v) is 6.62. The number of halogens is 1. The number of aliphatic hydroxyl groups excluding tert-OH is 1. The maximum Gasteiger partial charge on any atom is 0.159 e. The van der Waals surface area contributed by atoms with E-state index in [1.54, 1.807) is 16.8 Å². The molecule has 35 heavy (non-hydrogen) atoms. The Labute approximate surface area is 203 Å². The largest absolute Gasteiger partial charge is 0.388 e. The van der Waals surface area contributed by atoms with Gasteiger partial charge in [0.25, 0.3) is 0 Å². The summed E-state index contributed by atoms with van der Waals surface area (Å²) < 4.78 is 17.2. The maximum absolute atomic E-state index is 13.5. The highest BCUT2D eigenvalue weighted by Gasteiger charge is 2.26. The molecule has 3 aromatic heterocycles. The first-order valence-corrected chi connectivity index (χ1v) is 12.0. The van der Waals surface area contributed by atoms with Crippen LogP contribution in [-0.2, 0) is 6.54 Å². The molecule has 0 bridgehead atoms. The Bertz CT molecular complexity index is 1360. The first-order chi connectivity index (χ1) is 16.9. The summed E-state index contributed by atoms with van der Waals surface area (Å²) in [7, 11) is 0. The van der Waals surface area contributed by atoms with Crippen LogP contribution in [0.25, 0.3) is 17.1 Å². The molecule has 1 aliphatic carbocycles. The highest BCUT2D eigenvalue weighted by atomic mass is 19.1. The first-order valence-electron chi connectivity index (χ1n) is 12.0. The van der Waals surface area contributed by atoms with Crippen LogP contribution in [0.3, 0.4) is 0 Å². The van der Waals surface area contributed by atoms with Crippen LogP contribution in [0, 0.1) is 32.5 Å². The van der Waals surface area contributed by atoms with Gasteiger partial charge in [0.05, 0.1) is 17.5 Å². The van der Waals surface area contributed by atoms with Gasteiger partial charge in [0.15, 0.2) is 5.82 Å². The van der Waals surface area contributed by atoms with E-state index in [0.717, 1.165) is 46.1 Å². The molecule has 4 aromatic rings. The number of hydrogen-bond donors (Lipinski definition) is 2. The Kier molecular flexibility index (Phi) is 6.10. The number of nitrogens with one attached hydrogen (secondary N) is 1. The summed E-state index contributed by atoms with van der Waals surface area (Å²) in [5, 5.41) is 23.4. The second-order valence-electron chi connectivity index (χ2n) is 9.26. The molecule has 0 saturated heterocycles. The monoisotopic (exact) mass is 475 g/mol. The minimum atomic E-state index is -0.563. The van der Waals surface area contributed by atoms with Crippen molar-refractivity contribution < 1.29 is 9.50 Å². The Morgan fingerprint density at radius 2 is 1.86 bits per heavy atom. The Hall–Kier alpha value is -3.59. The molecule has 1 aromatic carbocycles. The van der Waals surface area contributed by atoms with Crippen molar-refractivity contribution in [2.24, 2.45) is 5.92 Å². The predicted octanol–water partition coefficient (Wildman–Crippen LogP) is 5.19. The van der Waals surface area contributed by atoms with Gasteiger partial charge in [-0.3, -0.25) is 0 Å². The second kappa shape index (κ2) is 9.22. The normalized spacial score (nSPS) is 14.3. The lowest BCUT2D eigenvalue weighted by Gasteiger charge is -2.12. The van der Waals surface area contributed by atoms with E-state index in [9.17, 15) is 9.50 Å². The molecule has 1 fully saturated rings. The summed E-state index contributed by atoms with van der Waals surface area (Å²) in [6, 6.07) is 8.26.